The number of hydrogen-bond acceptors (Lipinski definition) is 0. The topological polar surface area (TPSA) is 0 Å². The molecular weight excluding hydrogens is 192 g/mol. The fourth-order valence-corrected chi connectivity index (χ4v) is 3.51. The Hall–Kier alpha value is 0. The van der Waals surface area contributed by atoms with Crippen molar-refractivity contribution in [3.8, 4) is 0 Å². The van der Waals surface area contributed by atoms with E-state index < -0.39 is 0 Å². The zero-order chi connectivity index (χ0) is 13.0. The van der Waals surface area contributed by atoms with Gasteiger partial charge in [0.25, 0.3) is 0 Å². The first-order valence-electron chi connectivity index (χ1n) is 7.26. The summed E-state index contributed by atoms with van der Waals surface area (Å²) >= 11 is 0. The minimum Gasteiger partial charge on any atom is -0.0654 e. The smallest absolute Gasteiger partial charge is 0.0247 e. The molecule has 0 bridgehead atoms. The van der Waals surface area contributed by atoms with Crippen molar-refractivity contribution in [1.29, 1.82) is 0 Å². The van der Waals surface area contributed by atoms with Crippen molar-refractivity contribution >= 4 is 0 Å². The lowest BCUT2D eigenvalue weighted by Gasteiger charge is -2.53. The SMILES string of the molecule is CCCC(C)(C(C)C)C(C)(CCC)C(C)C. The fourth-order valence-electron chi connectivity index (χ4n) is 3.51. The van der Waals surface area contributed by atoms with Crippen molar-refractivity contribution in [3.63, 3.8) is 0 Å². The Bertz CT molecular complexity index is 170. The lowest BCUT2D eigenvalue weighted by molar-refractivity contribution is -0.0356. The second kappa shape index (κ2) is 6.07. The molecule has 0 aliphatic carbocycles. The highest BCUT2D eigenvalue weighted by Gasteiger charge is 2.46. The lowest BCUT2D eigenvalue weighted by Crippen LogP contribution is -2.45. The molecule has 0 fully saturated rings. The molecule has 98 valence electrons. The molecule has 0 aliphatic rings. The van der Waals surface area contributed by atoms with E-state index in [2.05, 4.69) is 55.4 Å². The first-order valence-corrected chi connectivity index (χ1v) is 7.26. The average molecular weight is 226 g/mol. The van der Waals surface area contributed by atoms with Crippen molar-refractivity contribution in [1.82, 2.24) is 0 Å². The molecule has 0 rings (SSSR count). The van der Waals surface area contributed by atoms with Crippen LogP contribution in [0, 0.1) is 22.7 Å². The summed E-state index contributed by atoms with van der Waals surface area (Å²) in [4.78, 5) is 0. The summed E-state index contributed by atoms with van der Waals surface area (Å²) in [6.07, 6.45) is 5.33. The van der Waals surface area contributed by atoms with E-state index in [9.17, 15) is 0 Å². The Morgan fingerprint density at radius 2 is 0.938 bits per heavy atom. The summed E-state index contributed by atoms with van der Waals surface area (Å²) in [5.74, 6) is 1.54. The Labute approximate surface area is 104 Å². The van der Waals surface area contributed by atoms with Crippen LogP contribution in [0.2, 0.25) is 0 Å². The Kier molecular flexibility index (Phi) is 6.07. The number of hydrogen-bond donors (Lipinski definition) is 0. The first kappa shape index (κ1) is 16.0. The highest BCUT2D eigenvalue weighted by molar-refractivity contribution is 4.95. The van der Waals surface area contributed by atoms with E-state index in [1.165, 1.54) is 25.7 Å². The Balaban J connectivity index is 5.25. The molecule has 2 atom stereocenters. The quantitative estimate of drug-likeness (QED) is 0.506. The summed E-state index contributed by atoms with van der Waals surface area (Å²) in [5.41, 5.74) is 0.956. The van der Waals surface area contributed by atoms with Crippen LogP contribution >= 0.6 is 0 Å². The van der Waals surface area contributed by atoms with Gasteiger partial charge in [0.15, 0.2) is 0 Å². The standard InChI is InChI=1S/C16H34/c1-9-11-15(7,13(3)4)16(8,12-10-2)14(5)6/h13-14H,9-12H2,1-8H3. The highest BCUT2D eigenvalue weighted by atomic mass is 14.5. The monoisotopic (exact) mass is 226 g/mol. The van der Waals surface area contributed by atoms with E-state index in [0.29, 0.717) is 10.8 Å². The third-order valence-corrected chi connectivity index (χ3v) is 5.39. The van der Waals surface area contributed by atoms with E-state index in [-0.39, 0.29) is 0 Å². The van der Waals surface area contributed by atoms with E-state index in [1.807, 2.05) is 0 Å². The van der Waals surface area contributed by atoms with Crippen molar-refractivity contribution in [2.24, 2.45) is 22.7 Å². The molecule has 0 heteroatoms. The van der Waals surface area contributed by atoms with Gasteiger partial charge in [0.05, 0.1) is 0 Å². The molecule has 16 heavy (non-hydrogen) atoms. The second-order valence-corrected chi connectivity index (χ2v) is 6.64. The number of rotatable bonds is 7. The molecule has 0 radical (unpaired) electrons. The van der Waals surface area contributed by atoms with E-state index in [4.69, 9.17) is 0 Å². The van der Waals surface area contributed by atoms with Crippen molar-refractivity contribution in [3.05, 3.63) is 0 Å². The van der Waals surface area contributed by atoms with Gasteiger partial charge in [-0.15, -0.1) is 0 Å². The van der Waals surface area contributed by atoms with Gasteiger partial charge in [0.1, 0.15) is 0 Å². The zero-order valence-corrected chi connectivity index (χ0v) is 13.0. The van der Waals surface area contributed by atoms with Crippen LogP contribution in [0.5, 0.6) is 0 Å². The lowest BCUT2D eigenvalue weighted by atomic mass is 9.52. The van der Waals surface area contributed by atoms with Crippen LogP contribution in [-0.4, -0.2) is 0 Å². The van der Waals surface area contributed by atoms with Gasteiger partial charge in [0.2, 0.25) is 0 Å². The van der Waals surface area contributed by atoms with Crippen molar-refractivity contribution < 1.29 is 0 Å². The maximum atomic E-state index is 2.52. The zero-order valence-electron chi connectivity index (χ0n) is 13.0. The van der Waals surface area contributed by atoms with Crippen LogP contribution < -0.4 is 0 Å². The predicted molar refractivity (Wildman–Crippen MR) is 75.7 cm³/mol. The molecule has 0 spiro atoms. The van der Waals surface area contributed by atoms with Crippen LogP contribution in [0.4, 0.5) is 0 Å². The van der Waals surface area contributed by atoms with Gasteiger partial charge < -0.3 is 0 Å². The molecule has 0 N–H and O–H groups in total. The van der Waals surface area contributed by atoms with Crippen LogP contribution in [0.3, 0.4) is 0 Å². The largest absolute Gasteiger partial charge is 0.0654 e. The normalized spacial score (nSPS) is 19.9. The Morgan fingerprint density at radius 3 is 1.06 bits per heavy atom. The van der Waals surface area contributed by atoms with Crippen LogP contribution in [-0.2, 0) is 0 Å². The van der Waals surface area contributed by atoms with Crippen molar-refractivity contribution in [2.75, 3.05) is 0 Å². The summed E-state index contributed by atoms with van der Waals surface area (Å²) in [5, 5.41) is 0. The highest BCUT2D eigenvalue weighted by Crippen LogP contribution is 2.54. The second-order valence-electron chi connectivity index (χ2n) is 6.64. The third-order valence-electron chi connectivity index (χ3n) is 5.39. The molecule has 2 unspecified atom stereocenters. The van der Waals surface area contributed by atoms with Gasteiger partial charge in [0, 0.05) is 0 Å². The maximum Gasteiger partial charge on any atom is -0.0247 e. The molecule has 0 saturated heterocycles. The summed E-state index contributed by atoms with van der Waals surface area (Å²) in [6, 6.07) is 0. The van der Waals surface area contributed by atoms with Gasteiger partial charge in [-0.2, -0.15) is 0 Å². The maximum absolute atomic E-state index is 2.52. The average Bonchev–Trinajstić information content (AvgIpc) is 2.17. The molecular formula is C16H34. The van der Waals surface area contributed by atoms with Crippen LogP contribution in [0.15, 0.2) is 0 Å². The van der Waals surface area contributed by atoms with Gasteiger partial charge in [-0.1, -0.05) is 68.2 Å². The molecule has 0 aromatic heterocycles. The summed E-state index contributed by atoms with van der Waals surface area (Å²) in [7, 11) is 0. The van der Waals surface area contributed by atoms with E-state index in [0.717, 1.165) is 11.8 Å². The van der Waals surface area contributed by atoms with Crippen LogP contribution in [0.1, 0.15) is 81.1 Å². The van der Waals surface area contributed by atoms with Gasteiger partial charge in [-0.25, -0.2) is 0 Å². The third kappa shape index (κ3) is 2.81. The first-order chi connectivity index (χ1) is 7.26. The van der Waals surface area contributed by atoms with Gasteiger partial charge >= 0.3 is 0 Å². The molecule has 0 aromatic rings. The molecule has 0 aromatic carbocycles. The van der Waals surface area contributed by atoms with Gasteiger partial charge in [-0.3, -0.25) is 0 Å². The minimum absolute atomic E-state index is 0.478. The minimum atomic E-state index is 0.478. The predicted octanol–water partition coefficient (Wildman–Crippen LogP) is 5.91. The molecule has 0 saturated carbocycles. The van der Waals surface area contributed by atoms with Gasteiger partial charge in [-0.05, 0) is 35.5 Å². The molecule has 0 amide bonds. The fraction of sp³-hybridized carbons (Fsp3) is 1.00. The molecule has 0 nitrogen and oxygen atoms in total. The Morgan fingerprint density at radius 1 is 0.688 bits per heavy atom. The van der Waals surface area contributed by atoms with Crippen LogP contribution in [0.25, 0.3) is 0 Å². The molecule has 0 aliphatic heterocycles. The molecule has 0 heterocycles. The summed E-state index contributed by atoms with van der Waals surface area (Å²) in [6.45, 7) is 19.3. The van der Waals surface area contributed by atoms with E-state index >= 15 is 0 Å². The van der Waals surface area contributed by atoms with E-state index in [1.54, 1.807) is 0 Å². The summed E-state index contributed by atoms with van der Waals surface area (Å²) < 4.78 is 0. The van der Waals surface area contributed by atoms with Crippen molar-refractivity contribution in [2.45, 2.75) is 81.1 Å².